The summed E-state index contributed by atoms with van der Waals surface area (Å²) in [6.45, 7) is 7.47. The standard InChI is InChI=1S/C22H27N3O2/c1-3-27-22(26)25-13-11-24(12-14-25)21-19-9-6-16(2)15-18(19)8-7-17-5-4-10-23-20(17)21/h4-6,9-10,15,21H,3,7-8,11-14H2,1-2H3. The Bertz CT molecular complexity index is 828. The number of aryl methyl sites for hydroxylation is 3. The average Bonchev–Trinajstić information content (AvgIpc) is 2.85. The Kier molecular flexibility index (Phi) is 5.12. The summed E-state index contributed by atoms with van der Waals surface area (Å²) in [7, 11) is 0. The summed E-state index contributed by atoms with van der Waals surface area (Å²) < 4.78 is 5.16. The van der Waals surface area contributed by atoms with Crippen LogP contribution in [0.4, 0.5) is 4.79 Å². The number of hydrogen-bond donors (Lipinski definition) is 0. The van der Waals surface area contributed by atoms with Crippen LogP contribution in [0.3, 0.4) is 0 Å². The molecule has 0 spiro atoms. The van der Waals surface area contributed by atoms with Gasteiger partial charge in [-0.2, -0.15) is 0 Å². The Morgan fingerprint density at radius 1 is 1.15 bits per heavy atom. The van der Waals surface area contributed by atoms with E-state index in [-0.39, 0.29) is 12.1 Å². The number of pyridine rings is 1. The Morgan fingerprint density at radius 3 is 2.70 bits per heavy atom. The van der Waals surface area contributed by atoms with Gasteiger partial charge in [-0.1, -0.05) is 29.8 Å². The van der Waals surface area contributed by atoms with E-state index in [4.69, 9.17) is 9.72 Å². The van der Waals surface area contributed by atoms with Gasteiger partial charge in [0.25, 0.3) is 0 Å². The van der Waals surface area contributed by atoms with Gasteiger partial charge in [0.15, 0.2) is 0 Å². The van der Waals surface area contributed by atoms with Crippen LogP contribution in [0.1, 0.15) is 40.9 Å². The second kappa shape index (κ2) is 7.69. The first-order valence-electron chi connectivity index (χ1n) is 9.86. The summed E-state index contributed by atoms with van der Waals surface area (Å²) in [5.74, 6) is 0. The third kappa shape index (κ3) is 3.56. The fraction of sp³-hybridized carbons (Fsp3) is 0.455. The number of ether oxygens (including phenoxy) is 1. The van der Waals surface area contributed by atoms with Crippen molar-refractivity contribution in [3.8, 4) is 0 Å². The van der Waals surface area contributed by atoms with E-state index in [1.165, 1.54) is 27.9 Å². The molecule has 5 heteroatoms. The smallest absolute Gasteiger partial charge is 0.409 e. The number of benzene rings is 1. The summed E-state index contributed by atoms with van der Waals surface area (Å²) in [5.41, 5.74) is 6.60. The number of piperazine rings is 1. The Morgan fingerprint density at radius 2 is 1.93 bits per heavy atom. The number of fused-ring (bicyclic) bond motifs is 2. The van der Waals surface area contributed by atoms with Crippen LogP contribution in [-0.2, 0) is 17.6 Å². The van der Waals surface area contributed by atoms with Gasteiger partial charge in [-0.05, 0) is 49.4 Å². The van der Waals surface area contributed by atoms with Crippen molar-refractivity contribution in [1.82, 2.24) is 14.8 Å². The third-order valence-corrected chi connectivity index (χ3v) is 5.65. The summed E-state index contributed by atoms with van der Waals surface area (Å²) >= 11 is 0. The first kappa shape index (κ1) is 18.0. The molecule has 5 nitrogen and oxygen atoms in total. The van der Waals surface area contributed by atoms with Crippen molar-refractivity contribution in [2.75, 3.05) is 32.8 Å². The quantitative estimate of drug-likeness (QED) is 0.819. The molecule has 1 atom stereocenters. The van der Waals surface area contributed by atoms with E-state index in [0.29, 0.717) is 19.7 Å². The molecule has 0 radical (unpaired) electrons. The normalized spacial score (nSPS) is 19.8. The molecule has 4 rings (SSSR count). The lowest BCUT2D eigenvalue weighted by molar-refractivity contribution is 0.0709. The third-order valence-electron chi connectivity index (χ3n) is 5.65. The summed E-state index contributed by atoms with van der Waals surface area (Å²) in [6.07, 6.45) is 3.78. The van der Waals surface area contributed by atoms with Crippen LogP contribution in [0.15, 0.2) is 36.5 Å². The predicted octanol–water partition coefficient (Wildman–Crippen LogP) is 3.35. The monoisotopic (exact) mass is 365 g/mol. The van der Waals surface area contributed by atoms with E-state index >= 15 is 0 Å². The van der Waals surface area contributed by atoms with Crippen molar-refractivity contribution in [2.24, 2.45) is 0 Å². The zero-order chi connectivity index (χ0) is 18.8. The van der Waals surface area contributed by atoms with Gasteiger partial charge in [0.05, 0.1) is 18.3 Å². The Balaban J connectivity index is 1.65. The number of aromatic nitrogens is 1. The molecule has 1 aliphatic heterocycles. The van der Waals surface area contributed by atoms with E-state index in [9.17, 15) is 4.79 Å². The molecule has 142 valence electrons. The molecule has 2 aliphatic rings. The van der Waals surface area contributed by atoms with E-state index in [2.05, 4.69) is 36.1 Å². The zero-order valence-corrected chi connectivity index (χ0v) is 16.1. The fourth-order valence-corrected chi connectivity index (χ4v) is 4.29. The van der Waals surface area contributed by atoms with Crippen LogP contribution in [0.25, 0.3) is 0 Å². The lowest BCUT2D eigenvalue weighted by atomic mass is 9.94. The Hall–Kier alpha value is -2.40. The molecular formula is C22H27N3O2. The largest absolute Gasteiger partial charge is 0.450 e. The molecule has 0 bridgehead atoms. The highest BCUT2D eigenvalue weighted by molar-refractivity contribution is 5.67. The van der Waals surface area contributed by atoms with E-state index < -0.39 is 0 Å². The van der Waals surface area contributed by atoms with E-state index in [0.717, 1.165) is 25.9 Å². The molecule has 1 aliphatic carbocycles. The summed E-state index contributed by atoms with van der Waals surface area (Å²) in [4.78, 5) is 21.1. The average molecular weight is 365 g/mol. The van der Waals surface area contributed by atoms with Crippen molar-refractivity contribution in [3.05, 3.63) is 64.5 Å². The lowest BCUT2D eigenvalue weighted by Crippen LogP contribution is -2.50. The minimum Gasteiger partial charge on any atom is -0.450 e. The highest BCUT2D eigenvalue weighted by atomic mass is 16.6. The maximum atomic E-state index is 12.0. The number of amides is 1. The first-order chi connectivity index (χ1) is 13.2. The number of carbonyl (C=O) groups is 1. The van der Waals surface area contributed by atoms with Crippen LogP contribution < -0.4 is 0 Å². The van der Waals surface area contributed by atoms with E-state index in [1.807, 2.05) is 24.1 Å². The Labute approximate surface area is 161 Å². The number of nitrogens with zero attached hydrogens (tertiary/aromatic N) is 3. The number of carbonyl (C=O) groups excluding carboxylic acids is 1. The molecule has 1 fully saturated rings. The van der Waals surface area contributed by atoms with Gasteiger partial charge in [-0.3, -0.25) is 9.88 Å². The maximum absolute atomic E-state index is 12.0. The van der Waals surface area contributed by atoms with Gasteiger partial charge in [0, 0.05) is 32.4 Å². The predicted molar refractivity (Wildman–Crippen MR) is 105 cm³/mol. The van der Waals surface area contributed by atoms with Gasteiger partial charge >= 0.3 is 6.09 Å². The van der Waals surface area contributed by atoms with Gasteiger partial charge in [0.1, 0.15) is 0 Å². The lowest BCUT2D eigenvalue weighted by Gasteiger charge is -2.39. The zero-order valence-electron chi connectivity index (χ0n) is 16.1. The minimum atomic E-state index is -0.201. The highest BCUT2D eigenvalue weighted by Gasteiger charge is 2.33. The SMILES string of the molecule is CCOC(=O)N1CCN(C2c3ccc(C)cc3CCc3cccnc32)CC1. The molecule has 2 heterocycles. The van der Waals surface area contributed by atoms with Crippen LogP contribution in [0.2, 0.25) is 0 Å². The molecule has 27 heavy (non-hydrogen) atoms. The summed E-state index contributed by atoms with van der Waals surface area (Å²) in [5, 5.41) is 0. The van der Waals surface area contributed by atoms with Crippen molar-refractivity contribution in [3.63, 3.8) is 0 Å². The van der Waals surface area contributed by atoms with Crippen molar-refractivity contribution in [2.45, 2.75) is 32.7 Å². The number of rotatable bonds is 2. The van der Waals surface area contributed by atoms with Gasteiger partial charge in [0.2, 0.25) is 0 Å². The highest BCUT2D eigenvalue weighted by Crippen LogP contribution is 2.36. The molecule has 1 amide bonds. The van der Waals surface area contributed by atoms with Crippen LogP contribution >= 0.6 is 0 Å². The van der Waals surface area contributed by atoms with Gasteiger partial charge < -0.3 is 9.64 Å². The molecule has 0 saturated carbocycles. The second-order valence-electron chi connectivity index (χ2n) is 7.37. The van der Waals surface area contributed by atoms with Crippen molar-refractivity contribution in [1.29, 1.82) is 0 Å². The topological polar surface area (TPSA) is 45.7 Å². The summed E-state index contributed by atoms with van der Waals surface area (Å²) in [6, 6.07) is 11.2. The molecule has 1 aromatic carbocycles. The molecule has 1 saturated heterocycles. The first-order valence-corrected chi connectivity index (χ1v) is 9.86. The van der Waals surface area contributed by atoms with Crippen LogP contribution in [0.5, 0.6) is 0 Å². The molecular weight excluding hydrogens is 338 g/mol. The van der Waals surface area contributed by atoms with Crippen LogP contribution in [0, 0.1) is 6.92 Å². The molecule has 1 unspecified atom stereocenters. The molecule has 0 N–H and O–H groups in total. The minimum absolute atomic E-state index is 0.156. The van der Waals surface area contributed by atoms with Crippen molar-refractivity contribution < 1.29 is 9.53 Å². The molecule has 1 aromatic heterocycles. The van der Waals surface area contributed by atoms with E-state index in [1.54, 1.807) is 0 Å². The van der Waals surface area contributed by atoms with Crippen molar-refractivity contribution >= 4 is 6.09 Å². The molecule has 2 aromatic rings. The fourth-order valence-electron chi connectivity index (χ4n) is 4.29. The van der Waals surface area contributed by atoms with Crippen LogP contribution in [-0.4, -0.2) is 53.7 Å². The van der Waals surface area contributed by atoms with Gasteiger partial charge in [-0.15, -0.1) is 0 Å². The second-order valence-corrected chi connectivity index (χ2v) is 7.37. The maximum Gasteiger partial charge on any atom is 0.409 e. The number of hydrogen-bond acceptors (Lipinski definition) is 4. The van der Waals surface area contributed by atoms with Gasteiger partial charge in [-0.25, -0.2) is 4.79 Å².